The largest absolute Gasteiger partial charge is 0.493 e. The molecule has 144 valence electrons. The van der Waals surface area contributed by atoms with Crippen molar-refractivity contribution in [2.45, 2.75) is 25.9 Å². The Labute approximate surface area is 156 Å². The minimum Gasteiger partial charge on any atom is -0.493 e. The van der Waals surface area contributed by atoms with Crippen molar-refractivity contribution < 1.29 is 28.6 Å². The summed E-state index contributed by atoms with van der Waals surface area (Å²) in [6.45, 7) is 0.688. The molecule has 0 aromatic heterocycles. The van der Waals surface area contributed by atoms with Gasteiger partial charge in [-0.3, -0.25) is 9.59 Å². The van der Waals surface area contributed by atoms with Gasteiger partial charge >= 0.3 is 5.97 Å². The molecule has 0 fully saturated rings. The first kappa shape index (κ1) is 20.2. The van der Waals surface area contributed by atoms with Crippen LogP contribution in [0.5, 0.6) is 11.5 Å². The first-order valence-electron chi connectivity index (χ1n) is 8.50. The van der Waals surface area contributed by atoms with E-state index >= 15 is 0 Å². The molecule has 2 N–H and O–H groups in total. The minimum absolute atomic E-state index is 0.0329. The summed E-state index contributed by atoms with van der Waals surface area (Å²) in [6.07, 6.45) is 0.363. The summed E-state index contributed by atoms with van der Waals surface area (Å²) in [4.78, 5) is 22.0. The Morgan fingerprint density at radius 1 is 1.04 bits per heavy atom. The van der Waals surface area contributed by atoms with Gasteiger partial charge in [0.15, 0.2) is 11.5 Å². The molecule has 0 aliphatic heterocycles. The van der Waals surface area contributed by atoms with Gasteiger partial charge in [-0.05, 0) is 41.8 Å². The highest BCUT2D eigenvalue weighted by atomic mass is 19.1. The molecule has 7 heteroatoms. The highest BCUT2D eigenvalue weighted by molar-refractivity contribution is 5.80. The SMILES string of the molecule is COc1cc(CCNC(=O)CCC(=O)O)ccc1OCc1ccc(F)cc1. The Hall–Kier alpha value is -3.09. The first-order chi connectivity index (χ1) is 13.0. The van der Waals surface area contributed by atoms with Crippen LogP contribution in [0, 0.1) is 5.82 Å². The zero-order valence-corrected chi connectivity index (χ0v) is 15.0. The maximum absolute atomic E-state index is 12.9. The maximum Gasteiger partial charge on any atom is 0.303 e. The molecule has 2 rings (SSSR count). The molecule has 0 spiro atoms. The lowest BCUT2D eigenvalue weighted by Crippen LogP contribution is -2.26. The van der Waals surface area contributed by atoms with Gasteiger partial charge < -0.3 is 19.9 Å². The van der Waals surface area contributed by atoms with E-state index in [1.54, 1.807) is 18.2 Å². The molecular weight excluding hydrogens is 353 g/mol. The van der Waals surface area contributed by atoms with Crippen molar-refractivity contribution in [1.29, 1.82) is 0 Å². The Morgan fingerprint density at radius 3 is 2.41 bits per heavy atom. The summed E-state index contributed by atoms with van der Waals surface area (Å²) in [5.74, 6) is -0.451. The zero-order chi connectivity index (χ0) is 19.6. The summed E-state index contributed by atoms with van der Waals surface area (Å²) in [5.41, 5.74) is 1.78. The molecule has 0 atom stereocenters. The number of amides is 1. The number of carbonyl (C=O) groups is 2. The van der Waals surface area contributed by atoms with Crippen molar-refractivity contribution in [3.63, 3.8) is 0 Å². The van der Waals surface area contributed by atoms with E-state index in [4.69, 9.17) is 14.6 Å². The molecule has 0 saturated carbocycles. The molecule has 0 saturated heterocycles. The Balaban J connectivity index is 1.86. The van der Waals surface area contributed by atoms with Crippen molar-refractivity contribution in [2.24, 2.45) is 0 Å². The van der Waals surface area contributed by atoms with Crippen molar-refractivity contribution in [3.8, 4) is 11.5 Å². The Bertz CT molecular complexity index is 776. The lowest BCUT2D eigenvalue weighted by atomic mass is 10.1. The topological polar surface area (TPSA) is 84.9 Å². The standard InChI is InChI=1S/C20H22FNO5/c1-26-18-12-14(10-11-22-19(23)8-9-20(24)25)4-7-17(18)27-13-15-2-5-16(21)6-3-15/h2-7,12H,8-11,13H2,1H3,(H,22,23)(H,24,25). The van der Waals surface area contributed by atoms with Crippen molar-refractivity contribution >= 4 is 11.9 Å². The summed E-state index contributed by atoms with van der Waals surface area (Å²) in [7, 11) is 1.54. The van der Waals surface area contributed by atoms with E-state index < -0.39 is 5.97 Å². The molecule has 1 amide bonds. The molecule has 27 heavy (non-hydrogen) atoms. The van der Waals surface area contributed by atoms with Crippen LogP contribution in [0.25, 0.3) is 0 Å². The van der Waals surface area contributed by atoms with Gasteiger partial charge in [-0.15, -0.1) is 0 Å². The molecular formula is C20H22FNO5. The molecule has 0 bridgehead atoms. The van der Waals surface area contributed by atoms with Gasteiger partial charge in [-0.2, -0.15) is 0 Å². The van der Waals surface area contributed by atoms with E-state index in [9.17, 15) is 14.0 Å². The maximum atomic E-state index is 12.9. The van der Waals surface area contributed by atoms with Gasteiger partial charge in [0.2, 0.25) is 5.91 Å². The summed E-state index contributed by atoms with van der Waals surface area (Å²) in [5, 5.41) is 11.2. The number of aliphatic carboxylic acids is 1. The minimum atomic E-state index is -0.994. The summed E-state index contributed by atoms with van der Waals surface area (Å²) in [6, 6.07) is 11.5. The highest BCUT2D eigenvalue weighted by Crippen LogP contribution is 2.29. The number of hydrogen-bond donors (Lipinski definition) is 2. The predicted molar refractivity (Wildman–Crippen MR) is 97.3 cm³/mol. The number of methoxy groups -OCH3 is 1. The van der Waals surface area contributed by atoms with Crippen LogP contribution in [0.15, 0.2) is 42.5 Å². The number of nitrogens with one attached hydrogen (secondary N) is 1. The number of ether oxygens (including phenoxy) is 2. The molecule has 0 aliphatic rings. The van der Waals surface area contributed by atoms with Crippen LogP contribution in [0.4, 0.5) is 4.39 Å². The van der Waals surface area contributed by atoms with Crippen LogP contribution in [0.1, 0.15) is 24.0 Å². The van der Waals surface area contributed by atoms with Gasteiger partial charge in [-0.1, -0.05) is 18.2 Å². The first-order valence-corrected chi connectivity index (χ1v) is 8.50. The van der Waals surface area contributed by atoms with Gasteiger partial charge in [0.25, 0.3) is 0 Å². The van der Waals surface area contributed by atoms with Crippen LogP contribution in [-0.2, 0) is 22.6 Å². The molecule has 2 aromatic rings. The average Bonchev–Trinajstić information content (AvgIpc) is 2.66. The number of rotatable bonds is 10. The van der Waals surface area contributed by atoms with Gasteiger partial charge in [0, 0.05) is 13.0 Å². The van der Waals surface area contributed by atoms with Gasteiger partial charge in [0.1, 0.15) is 12.4 Å². The van der Waals surface area contributed by atoms with Crippen LogP contribution < -0.4 is 14.8 Å². The average molecular weight is 375 g/mol. The van der Waals surface area contributed by atoms with Crippen LogP contribution in [0.2, 0.25) is 0 Å². The fourth-order valence-electron chi connectivity index (χ4n) is 2.38. The normalized spacial score (nSPS) is 10.3. The number of halogens is 1. The summed E-state index contributed by atoms with van der Waals surface area (Å²) >= 11 is 0. The van der Waals surface area contributed by atoms with Crippen molar-refractivity contribution in [2.75, 3.05) is 13.7 Å². The second-order valence-electron chi connectivity index (χ2n) is 5.89. The third kappa shape index (κ3) is 6.97. The molecule has 2 aromatic carbocycles. The molecule has 0 aliphatic carbocycles. The highest BCUT2D eigenvalue weighted by Gasteiger charge is 2.08. The van der Waals surface area contributed by atoms with Crippen LogP contribution in [0.3, 0.4) is 0 Å². The second-order valence-corrected chi connectivity index (χ2v) is 5.89. The number of carboxylic acids is 1. The van der Waals surface area contributed by atoms with Crippen LogP contribution in [-0.4, -0.2) is 30.6 Å². The Morgan fingerprint density at radius 2 is 1.74 bits per heavy atom. The molecule has 0 radical (unpaired) electrons. The number of carbonyl (C=O) groups excluding carboxylic acids is 1. The zero-order valence-electron chi connectivity index (χ0n) is 15.0. The number of carboxylic acid groups (broad SMARTS) is 1. The van der Waals surface area contributed by atoms with Crippen LogP contribution >= 0.6 is 0 Å². The van der Waals surface area contributed by atoms with Gasteiger partial charge in [-0.25, -0.2) is 4.39 Å². The molecule has 0 heterocycles. The number of hydrogen-bond acceptors (Lipinski definition) is 4. The van der Waals surface area contributed by atoms with E-state index in [2.05, 4.69) is 5.32 Å². The number of benzene rings is 2. The van der Waals surface area contributed by atoms with E-state index in [-0.39, 0.29) is 31.2 Å². The fraction of sp³-hybridized carbons (Fsp3) is 0.300. The monoisotopic (exact) mass is 375 g/mol. The van der Waals surface area contributed by atoms with Gasteiger partial charge in [0.05, 0.1) is 13.5 Å². The summed E-state index contributed by atoms with van der Waals surface area (Å²) < 4.78 is 24.0. The molecule has 0 unspecified atom stereocenters. The molecule has 6 nitrogen and oxygen atoms in total. The third-order valence-corrected chi connectivity index (χ3v) is 3.84. The second kappa shape index (κ2) is 10.2. The quantitative estimate of drug-likeness (QED) is 0.667. The smallest absolute Gasteiger partial charge is 0.303 e. The predicted octanol–water partition coefficient (Wildman–Crippen LogP) is 2.94. The van der Waals surface area contributed by atoms with E-state index in [0.29, 0.717) is 24.5 Å². The lowest BCUT2D eigenvalue weighted by Gasteiger charge is -2.12. The van der Waals surface area contributed by atoms with E-state index in [1.165, 1.54) is 19.2 Å². The Kier molecular flexibility index (Phi) is 7.61. The lowest BCUT2D eigenvalue weighted by molar-refractivity contribution is -0.138. The third-order valence-electron chi connectivity index (χ3n) is 3.84. The fourth-order valence-corrected chi connectivity index (χ4v) is 2.38. The van der Waals surface area contributed by atoms with Crippen molar-refractivity contribution in [3.05, 3.63) is 59.4 Å². The van der Waals surface area contributed by atoms with E-state index in [0.717, 1.165) is 11.1 Å². The van der Waals surface area contributed by atoms with Crippen molar-refractivity contribution in [1.82, 2.24) is 5.32 Å². The van der Waals surface area contributed by atoms with E-state index in [1.807, 2.05) is 12.1 Å².